The molecule has 1 aliphatic rings. The summed E-state index contributed by atoms with van der Waals surface area (Å²) in [7, 11) is 0. The molecule has 2 amide bonds. The van der Waals surface area contributed by atoms with Crippen LogP contribution in [0.15, 0.2) is 42.5 Å². The molecule has 2 aromatic rings. The lowest BCUT2D eigenvalue weighted by molar-refractivity contribution is -0.116. The van der Waals surface area contributed by atoms with Gasteiger partial charge in [-0.2, -0.15) is 0 Å². The first-order valence-corrected chi connectivity index (χ1v) is 8.56. The summed E-state index contributed by atoms with van der Waals surface area (Å²) >= 11 is 0. The first-order valence-electron chi connectivity index (χ1n) is 8.56. The third-order valence-electron chi connectivity index (χ3n) is 4.09. The fraction of sp³-hybridized carbons (Fsp3) is 0.250. The van der Waals surface area contributed by atoms with Crippen LogP contribution in [0.1, 0.15) is 40.1 Å². The zero-order chi connectivity index (χ0) is 19.6. The van der Waals surface area contributed by atoms with Crippen LogP contribution in [0.25, 0.3) is 0 Å². The van der Waals surface area contributed by atoms with Gasteiger partial charge in [0, 0.05) is 12.1 Å². The molecule has 0 saturated heterocycles. The van der Waals surface area contributed by atoms with E-state index in [2.05, 4.69) is 5.32 Å². The Labute approximate surface area is 156 Å². The molecule has 1 aliphatic heterocycles. The fourth-order valence-electron chi connectivity index (χ4n) is 2.92. The lowest BCUT2D eigenvalue weighted by Crippen LogP contribution is -2.33. The number of anilines is 1. The van der Waals surface area contributed by atoms with Crippen molar-refractivity contribution < 1.29 is 24.2 Å². The standard InChI is InChI=1S/C20H20N2O5/c1-12(2)27-17-8-7-13(20(25)26)9-16(17)21-18(23)11-22-10-14-5-3-4-6-15(14)19(22)24/h3-9,12H,10-11H2,1-2H3,(H,21,23)(H,25,26). The average molecular weight is 368 g/mol. The maximum Gasteiger partial charge on any atom is 0.335 e. The molecule has 0 aromatic heterocycles. The zero-order valence-electron chi connectivity index (χ0n) is 15.1. The van der Waals surface area contributed by atoms with Gasteiger partial charge in [-0.3, -0.25) is 9.59 Å². The second-order valence-corrected chi connectivity index (χ2v) is 6.55. The Hall–Kier alpha value is -3.35. The molecule has 7 nitrogen and oxygen atoms in total. The number of benzene rings is 2. The van der Waals surface area contributed by atoms with E-state index in [1.165, 1.54) is 23.1 Å². The molecule has 0 aliphatic carbocycles. The molecule has 0 saturated carbocycles. The Balaban J connectivity index is 1.75. The van der Waals surface area contributed by atoms with Crippen LogP contribution in [0.4, 0.5) is 5.69 Å². The van der Waals surface area contributed by atoms with E-state index in [-0.39, 0.29) is 29.8 Å². The molecule has 27 heavy (non-hydrogen) atoms. The third-order valence-corrected chi connectivity index (χ3v) is 4.09. The highest BCUT2D eigenvalue weighted by molar-refractivity contribution is 6.02. The van der Waals surface area contributed by atoms with Crippen LogP contribution < -0.4 is 10.1 Å². The molecule has 2 aromatic carbocycles. The van der Waals surface area contributed by atoms with Gasteiger partial charge in [-0.1, -0.05) is 18.2 Å². The Bertz CT molecular complexity index is 907. The van der Waals surface area contributed by atoms with Gasteiger partial charge in [-0.15, -0.1) is 0 Å². The SMILES string of the molecule is CC(C)Oc1ccc(C(=O)O)cc1NC(=O)CN1Cc2ccccc2C1=O. The third kappa shape index (κ3) is 4.08. The maximum absolute atomic E-state index is 12.5. The van der Waals surface area contributed by atoms with Crippen LogP contribution in [0, 0.1) is 0 Å². The number of aromatic carboxylic acids is 1. The van der Waals surface area contributed by atoms with Crippen LogP contribution in [0.5, 0.6) is 5.75 Å². The molecular formula is C20H20N2O5. The summed E-state index contributed by atoms with van der Waals surface area (Å²) in [6, 6.07) is 11.5. The van der Waals surface area contributed by atoms with Crippen molar-refractivity contribution in [1.29, 1.82) is 0 Å². The van der Waals surface area contributed by atoms with E-state index < -0.39 is 11.9 Å². The molecule has 140 valence electrons. The van der Waals surface area contributed by atoms with Crippen molar-refractivity contribution in [2.45, 2.75) is 26.5 Å². The minimum Gasteiger partial charge on any atom is -0.489 e. The van der Waals surface area contributed by atoms with E-state index in [4.69, 9.17) is 4.74 Å². The van der Waals surface area contributed by atoms with Gasteiger partial charge in [0.05, 0.1) is 17.4 Å². The normalized spacial score (nSPS) is 12.9. The molecule has 7 heteroatoms. The van der Waals surface area contributed by atoms with E-state index in [1.54, 1.807) is 12.1 Å². The number of rotatable bonds is 6. The average Bonchev–Trinajstić information content (AvgIpc) is 2.92. The molecule has 2 N–H and O–H groups in total. The topological polar surface area (TPSA) is 95.9 Å². The first kappa shape index (κ1) is 18.4. The van der Waals surface area contributed by atoms with Crippen LogP contribution in [0.3, 0.4) is 0 Å². The summed E-state index contributed by atoms with van der Waals surface area (Å²) in [4.78, 5) is 37.5. The van der Waals surface area contributed by atoms with Gasteiger partial charge in [-0.25, -0.2) is 4.79 Å². The van der Waals surface area contributed by atoms with Crippen LogP contribution in [-0.4, -0.2) is 40.4 Å². The van der Waals surface area contributed by atoms with Gasteiger partial charge in [0.2, 0.25) is 5.91 Å². The largest absolute Gasteiger partial charge is 0.489 e. The van der Waals surface area contributed by atoms with Gasteiger partial charge in [0.15, 0.2) is 0 Å². The molecule has 0 radical (unpaired) electrons. The molecule has 0 spiro atoms. The predicted molar refractivity (Wildman–Crippen MR) is 99.0 cm³/mol. The Morgan fingerprint density at radius 3 is 2.63 bits per heavy atom. The van der Waals surface area contributed by atoms with E-state index in [1.807, 2.05) is 26.0 Å². The van der Waals surface area contributed by atoms with Crippen LogP contribution in [-0.2, 0) is 11.3 Å². The number of ether oxygens (including phenoxy) is 1. The number of hydrogen-bond acceptors (Lipinski definition) is 4. The van der Waals surface area contributed by atoms with Gasteiger partial charge in [0.25, 0.3) is 5.91 Å². The number of fused-ring (bicyclic) bond motifs is 1. The van der Waals surface area contributed by atoms with Gasteiger partial charge in [-0.05, 0) is 43.7 Å². The molecule has 3 rings (SSSR count). The van der Waals surface area contributed by atoms with Crippen molar-refractivity contribution in [3.63, 3.8) is 0 Å². The van der Waals surface area contributed by atoms with E-state index in [0.717, 1.165) is 5.56 Å². The summed E-state index contributed by atoms with van der Waals surface area (Å²) in [6.45, 7) is 3.90. The number of carboxylic acids is 1. The first-order chi connectivity index (χ1) is 12.8. The lowest BCUT2D eigenvalue weighted by atomic mass is 10.1. The quantitative estimate of drug-likeness (QED) is 0.817. The molecule has 0 fully saturated rings. The second kappa shape index (κ2) is 7.49. The number of carbonyl (C=O) groups excluding carboxylic acids is 2. The minimum absolute atomic E-state index is 0.0334. The molecule has 0 bridgehead atoms. The van der Waals surface area contributed by atoms with Crippen molar-refractivity contribution >= 4 is 23.5 Å². The number of carboxylic acid groups (broad SMARTS) is 1. The zero-order valence-corrected chi connectivity index (χ0v) is 15.1. The minimum atomic E-state index is -1.10. The smallest absolute Gasteiger partial charge is 0.335 e. The summed E-state index contributed by atoms with van der Waals surface area (Å²) in [5.74, 6) is -1.35. The molecular weight excluding hydrogens is 348 g/mol. The van der Waals surface area contributed by atoms with E-state index >= 15 is 0 Å². The summed E-state index contributed by atoms with van der Waals surface area (Å²) in [6.07, 6.45) is -0.147. The summed E-state index contributed by atoms with van der Waals surface area (Å²) in [5.41, 5.74) is 1.78. The van der Waals surface area contributed by atoms with Gasteiger partial charge in [0.1, 0.15) is 12.3 Å². The molecule has 1 heterocycles. The highest BCUT2D eigenvalue weighted by Crippen LogP contribution is 2.28. The van der Waals surface area contributed by atoms with Crippen molar-refractivity contribution in [2.24, 2.45) is 0 Å². The second-order valence-electron chi connectivity index (χ2n) is 6.55. The van der Waals surface area contributed by atoms with Gasteiger partial charge < -0.3 is 20.1 Å². The van der Waals surface area contributed by atoms with Crippen molar-refractivity contribution in [2.75, 3.05) is 11.9 Å². The Morgan fingerprint density at radius 2 is 1.96 bits per heavy atom. The Morgan fingerprint density at radius 1 is 1.22 bits per heavy atom. The highest BCUT2D eigenvalue weighted by atomic mass is 16.5. The Kier molecular flexibility index (Phi) is 5.12. The van der Waals surface area contributed by atoms with Crippen molar-refractivity contribution in [3.8, 4) is 5.75 Å². The number of carbonyl (C=O) groups is 3. The number of nitrogens with zero attached hydrogens (tertiary/aromatic N) is 1. The van der Waals surface area contributed by atoms with Crippen molar-refractivity contribution in [1.82, 2.24) is 4.90 Å². The van der Waals surface area contributed by atoms with Crippen LogP contribution >= 0.6 is 0 Å². The molecule has 0 unspecified atom stereocenters. The van der Waals surface area contributed by atoms with Crippen molar-refractivity contribution in [3.05, 3.63) is 59.2 Å². The number of hydrogen-bond donors (Lipinski definition) is 2. The predicted octanol–water partition coefficient (Wildman–Crippen LogP) is 2.77. The molecule has 0 atom stereocenters. The van der Waals surface area contributed by atoms with Gasteiger partial charge >= 0.3 is 5.97 Å². The number of amides is 2. The maximum atomic E-state index is 12.5. The summed E-state index contributed by atoms with van der Waals surface area (Å²) < 4.78 is 5.63. The highest BCUT2D eigenvalue weighted by Gasteiger charge is 2.28. The van der Waals surface area contributed by atoms with E-state index in [0.29, 0.717) is 17.9 Å². The number of nitrogens with one attached hydrogen (secondary N) is 1. The van der Waals surface area contributed by atoms with Crippen LogP contribution in [0.2, 0.25) is 0 Å². The summed E-state index contributed by atoms with van der Waals surface area (Å²) in [5, 5.41) is 11.8. The lowest BCUT2D eigenvalue weighted by Gasteiger charge is -2.18. The fourth-order valence-corrected chi connectivity index (χ4v) is 2.92. The monoisotopic (exact) mass is 368 g/mol. The van der Waals surface area contributed by atoms with E-state index in [9.17, 15) is 19.5 Å².